The van der Waals surface area contributed by atoms with Gasteiger partial charge in [-0.3, -0.25) is 4.79 Å². The zero-order valence-electron chi connectivity index (χ0n) is 14.2. The van der Waals surface area contributed by atoms with E-state index in [1.54, 1.807) is 0 Å². The van der Waals surface area contributed by atoms with E-state index in [9.17, 15) is 4.79 Å². The van der Waals surface area contributed by atoms with Crippen LogP contribution in [0.4, 0.5) is 0 Å². The van der Waals surface area contributed by atoms with Gasteiger partial charge in [0.1, 0.15) is 11.5 Å². The lowest BCUT2D eigenvalue weighted by Crippen LogP contribution is -2.25. The molecule has 0 amide bonds. The van der Waals surface area contributed by atoms with E-state index in [1.807, 2.05) is 42.5 Å². The Morgan fingerprint density at radius 3 is 2.58 bits per heavy atom. The second-order valence-electron chi connectivity index (χ2n) is 6.90. The van der Waals surface area contributed by atoms with Crippen molar-refractivity contribution in [3.05, 3.63) is 88.1 Å². The van der Waals surface area contributed by atoms with Crippen LogP contribution in [0.25, 0.3) is 10.8 Å². The minimum atomic E-state index is -0.107. The van der Waals surface area contributed by atoms with Crippen LogP contribution in [-0.2, 0) is 4.79 Å². The number of Topliss-reactive ketones (excluding diaryl/α,β-unsaturated/α-hetero) is 1. The number of fused-ring (bicyclic) bond motifs is 3. The molecule has 0 N–H and O–H groups in total. The zero-order chi connectivity index (χ0) is 17.7. The van der Waals surface area contributed by atoms with Crippen molar-refractivity contribution < 1.29 is 9.53 Å². The molecule has 3 heteroatoms. The molecule has 1 aliphatic heterocycles. The van der Waals surface area contributed by atoms with E-state index in [0.29, 0.717) is 11.4 Å². The van der Waals surface area contributed by atoms with Gasteiger partial charge in [0.05, 0.1) is 0 Å². The highest BCUT2D eigenvalue weighted by Crippen LogP contribution is 2.49. The van der Waals surface area contributed by atoms with Crippen molar-refractivity contribution in [1.29, 1.82) is 0 Å². The predicted octanol–water partition coefficient (Wildman–Crippen LogP) is 6.02. The number of carbonyl (C=O) groups excluding carboxylic acids is 1. The van der Waals surface area contributed by atoms with Gasteiger partial charge in [-0.1, -0.05) is 54.1 Å². The average Bonchev–Trinajstić information content (AvgIpc) is 2.67. The average molecular weight is 361 g/mol. The van der Waals surface area contributed by atoms with Crippen LogP contribution in [0.5, 0.6) is 5.75 Å². The molecule has 0 saturated heterocycles. The Hall–Kier alpha value is -2.58. The standard InChI is InChI=1S/C23H17ClO2/c24-16-11-8-15(9-12-16)21-22-17-5-2-1-4-14(17)10-13-20(22)26-19-7-3-6-18(25)23(19)21/h1-2,4-5,8-13,21H,3,6-7H2. The quantitative estimate of drug-likeness (QED) is 0.530. The Morgan fingerprint density at radius 1 is 0.923 bits per heavy atom. The first-order valence-electron chi connectivity index (χ1n) is 8.93. The Bertz CT molecular complexity index is 1060. The number of ether oxygens (including phenoxy) is 1. The third-order valence-corrected chi connectivity index (χ3v) is 5.60. The number of hydrogen-bond donors (Lipinski definition) is 0. The molecule has 0 fully saturated rings. The number of allylic oxidation sites excluding steroid dienone is 2. The summed E-state index contributed by atoms with van der Waals surface area (Å²) in [4.78, 5) is 12.9. The van der Waals surface area contributed by atoms with Crippen LogP contribution in [0.2, 0.25) is 5.02 Å². The molecule has 2 aliphatic rings. The van der Waals surface area contributed by atoms with Crippen molar-refractivity contribution in [2.24, 2.45) is 0 Å². The molecule has 1 atom stereocenters. The van der Waals surface area contributed by atoms with Crippen molar-refractivity contribution in [1.82, 2.24) is 0 Å². The first-order valence-corrected chi connectivity index (χ1v) is 9.31. The lowest BCUT2D eigenvalue weighted by atomic mass is 9.75. The molecule has 0 radical (unpaired) electrons. The Kier molecular flexibility index (Phi) is 3.61. The van der Waals surface area contributed by atoms with Crippen LogP contribution in [0.1, 0.15) is 36.3 Å². The molecule has 2 nitrogen and oxygen atoms in total. The van der Waals surface area contributed by atoms with Gasteiger partial charge in [-0.2, -0.15) is 0 Å². The summed E-state index contributed by atoms with van der Waals surface area (Å²) in [6.07, 6.45) is 2.26. The first kappa shape index (κ1) is 15.7. The summed E-state index contributed by atoms with van der Waals surface area (Å²) < 4.78 is 6.22. The largest absolute Gasteiger partial charge is 0.461 e. The van der Waals surface area contributed by atoms with E-state index in [2.05, 4.69) is 18.2 Å². The van der Waals surface area contributed by atoms with E-state index in [0.717, 1.165) is 51.8 Å². The second-order valence-corrected chi connectivity index (χ2v) is 7.34. The smallest absolute Gasteiger partial charge is 0.163 e. The highest BCUT2D eigenvalue weighted by molar-refractivity contribution is 6.30. The highest BCUT2D eigenvalue weighted by Gasteiger charge is 2.37. The van der Waals surface area contributed by atoms with Crippen molar-refractivity contribution in [3.8, 4) is 5.75 Å². The minimum Gasteiger partial charge on any atom is -0.461 e. The number of hydrogen-bond acceptors (Lipinski definition) is 2. The predicted molar refractivity (Wildman–Crippen MR) is 104 cm³/mol. The zero-order valence-corrected chi connectivity index (χ0v) is 14.9. The number of benzene rings is 3. The number of rotatable bonds is 1. The molecule has 5 rings (SSSR count). The van der Waals surface area contributed by atoms with Crippen molar-refractivity contribution >= 4 is 28.2 Å². The first-order chi connectivity index (χ1) is 12.7. The molecule has 1 heterocycles. The Morgan fingerprint density at radius 2 is 1.73 bits per heavy atom. The number of halogens is 1. The molecule has 0 aromatic heterocycles. The lowest BCUT2D eigenvalue weighted by Gasteiger charge is -2.33. The van der Waals surface area contributed by atoms with Crippen molar-refractivity contribution in [2.75, 3.05) is 0 Å². The van der Waals surface area contributed by atoms with Gasteiger partial charge in [0.25, 0.3) is 0 Å². The van der Waals surface area contributed by atoms with Crippen LogP contribution in [0, 0.1) is 0 Å². The van der Waals surface area contributed by atoms with Gasteiger partial charge in [0, 0.05) is 34.9 Å². The van der Waals surface area contributed by atoms with E-state index in [4.69, 9.17) is 16.3 Å². The fourth-order valence-corrected chi connectivity index (χ4v) is 4.32. The van der Waals surface area contributed by atoms with Gasteiger partial charge in [0.15, 0.2) is 5.78 Å². The van der Waals surface area contributed by atoms with Gasteiger partial charge in [-0.15, -0.1) is 0 Å². The molecular formula is C23H17ClO2. The van der Waals surface area contributed by atoms with Gasteiger partial charge in [-0.05, 0) is 41.0 Å². The molecule has 0 saturated carbocycles. The van der Waals surface area contributed by atoms with E-state index in [-0.39, 0.29) is 11.7 Å². The molecule has 3 aromatic carbocycles. The maximum atomic E-state index is 12.9. The fourth-order valence-electron chi connectivity index (χ4n) is 4.19. The van der Waals surface area contributed by atoms with E-state index in [1.165, 1.54) is 0 Å². The normalized spacial score (nSPS) is 19.1. The van der Waals surface area contributed by atoms with Crippen LogP contribution in [-0.4, -0.2) is 5.78 Å². The van der Waals surface area contributed by atoms with Gasteiger partial charge in [0.2, 0.25) is 0 Å². The summed E-state index contributed by atoms with van der Waals surface area (Å²) >= 11 is 6.11. The SMILES string of the molecule is O=C1CCCC2=C1C(c1ccc(Cl)cc1)c1c(ccc3ccccc13)O2. The Balaban J connectivity index is 1.83. The molecule has 0 spiro atoms. The molecule has 1 unspecified atom stereocenters. The van der Waals surface area contributed by atoms with Crippen molar-refractivity contribution in [2.45, 2.75) is 25.2 Å². The second kappa shape index (κ2) is 6.00. The van der Waals surface area contributed by atoms with Crippen molar-refractivity contribution in [3.63, 3.8) is 0 Å². The summed E-state index contributed by atoms with van der Waals surface area (Å²) in [5.41, 5.74) is 2.99. The fraction of sp³-hybridized carbons (Fsp3) is 0.174. The molecule has 26 heavy (non-hydrogen) atoms. The molecule has 0 bridgehead atoms. The molecule has 3 aromatic rings. The lowest BCUT2D eigenvalue weighted by molar-refractivity contribution is -0.116. The number of ketones is 1. The van der Waals surface area contributed by atoms with Crippen LogP contribution >= 0.6 is 11.6 Å². The monoisotopic (exact) mass is 360 g/mol. The number of carbonyl (C=O) groups is 1. The summed E-state index contributed by atoms with van der Waals surface area (Å²) in [5, 5.41) is 2.99. The topological polar surface area (TPSA) is 26.3 Å². The highest BCUT2D eigenvalue weighted by atomic mass is 35.5. The third-order valence-electron chi connectivity index (χ3n) is 5.35. The van der Waals surface area contributed by atoms with Gasteiger partial charge >= 0.3 is 0 Å². The Labute approximate surface area is 157 Å². The third kappa shape index (κ3) is 2.37. The maximum absolute atomic E-state index is 12.9. The summed E-state index contributed by atoms with van der Waals surface area (Å²) in [7, 11) is 0. The summed E-state index contributed by atoms with van der Waals surface area (Å²) in [5.74, 6) is 1.79. The molecular weight excluding hydrogens is 344 g/mol. The molecule has 128 valence electrons. The summed E-state index contributed by atoms with van der Waals surface area (Å²) in [6.45, 7) is 0. The van der Waals surface area contributed by atoms with Gasteiger partial charge < -0.3 is 4.74 Å². The van der Waals surface area contributed by atoms with Crippen LogP contribution in [0.3, 0.4) is 0 Å². The summed E-state index contributed by atoms with van der Waals surface area (Å²) in [6, 6.07) is 20.2. The van der Waals surface area contributed by atoms with E-state index >= 15 is 0 Å². The maximum Gasteiger partial charge on any atom is 0.163 e. The van der Waals surface area contributed by atoms with Crippen LogP contribution in [0.15, 0.2) is 72.0 Å². The van der Waals surface area contributed by atoms with Gasteiger partial charge in [-0.25, -0.2) is 0 Å². The molecule has 1 aliphatic carbocycles. The minimum absolute atomic E-state index is 0.107. The van der Waals surface area contributed by atoms with Crippen LogP contribution < -0.4 is 4.74 Å². The van der Waals surface area contributed by atoms with E-state index < -0.39 is 0 Å².